The lowest BCUT2D eigenvalue weighted by Gasteiger charge is -2.29. The van der Waals surface area contributed by atoms with E-state index >= 15 is 0 Å². The molecule has 0 bridgehead atoms. The third kappa shape index (κ3) is 1.99. The first-order valence-corrected chi connectivity index (χ1v) is 7.70. The predicted molar refractivity (Wildman–Crippen MR) is 89.8 cm³/mol. The number of anilines is 1. The highest BCUT2D eigenvalue weighted by Gasteiger charge is 2.51. The molecular weight excluding hydrogens is 301 g/mol. The first kappa shape index (κ1) is 14.4. The lowest BCUT2D eigenvalue weighted by Crippen LogP contribution is -2.32. The van der Waals surface area contributed by atoms with E-state index in [1.165, 1.54) is 12.1 Å². The molecule has 0 unspecified atom stereocenters. The van der Waals surface area contributed by atoms with Crippen molar-refractivity contribution in [2.45, 2.75) is 11.5 Å². The van der Waals surface area contributed by atoms with Gasteiger partial charge in [0.15, 0.2) is 5.41 Å². The Kier molecular flexibility index (Phi) is 3.28. The van der Waals surface area contributed by atoms with Crippen molar-refractivity contribution < 1.29 is 4.39 Å². The van der Waals surface area contributed by atoms with Gasteiger partial charge in [-0.3, -0.25) is 4.98 Å². The number of nitrogens with zero attached hydrogens (tertiary/aromatic N) is 2. The maximum absolute atomic E-state index is 13.8. The molecule has 116 valence electrons. The maximum atomic E-state index is 13.8. The number of rotatable bonds is 2. The predicted octanol–water partition coefficient (Wildman–Crippen LogP) is 4.20. The summed E-state index contributed by atoms with van der Waals surface area (Å²) in [6.07, 6.45) is 1.68. The molecule has 24 heavy (non-hydrogen) atoms. The Labute approximate surface area is 139 Å². The second kappa shape index (κ2) is 5.47. The van der Waals surface area contributed by atoms with E-state index in [4.69, 9.17) is 0 Å². The van der Waals surface area contributed by atoms with Gasteiger partial charge < -0.3 is 5.32 Å². The molecule has 3 aromatic rings. The standard InChI is InChI=1S/C20H14FN3/c21-16-9-4-6-14(12-16)18-20(13-22,15-7-2-1-3-8-15)19-17(24-18)10-5-11-23-19/h1-12,18,24H/t18-,20-/m1/s1. The molecule has 2 heterocycles. The van der Waals surface area contributed by atoms with Gasteiger partial charge in [0.2, 0.25) is 0 Å². The first-order valence-electron chi connectivity index (χ1n) is 7.70. The minimum Gasteiger partial charge on any atom is -0.374 e. The Bertz CT molecular complexity index is 933. The summed E-state index contributed by atoms with van der Waals surface area (Å²) in [5.41, 5.74) is 2.03. The van der Waals surface area contributed by atoms with Gasteiger partial charge in [0, 0.05) is 6.20 Å². The van der Waals surface area contributed by atoms with E-state index in [0.717, 1.165) is 16.8 Å². The molecule has 0 saturated heterocycles. The number of hydrogen-bond donors (Lipinski definition) is 1. The molecule has 4 rings (SSSR count). The van der Waals surface area contributed by atoms with E-state index in [0.29, 0.717) is 5.69 Å². The van der Waals surface area contributed by atoms with Crippen molar-refractivity contribution in [3.63, 3.8) is 0 Å². The summed E-state index contributed by atoms with van der Waals surface area (Å²) in [7, 11) is 0. The number of hydrogen-bond acceptors (Lipinski definition) is 3. The molecule has 3 nitrogen and oxygen atoms in total. The molecule has 1 aromatic heterocycles. The van der Waals surface area contributed by atoms with Gasteiger partial charge in [-0.05, 0) is 35.4 Å². The first-order chi connectivity index (χ1) is 11.8. The van der Waals surface area contributed by atoms with Crippen molar-refractivity contribution in [3.05, 3.63) is 95.6 Å². The molecule has 2 aromatic carbocycles. The molecule has 1 aliphatic rings. The van der Waals surface area contributed by atoms with Gasteiger partial charge in [-0.15, -0.1) is 0 Å². The highest BCUT2D eigenvalue weighted by atomic mass is 19.1. The van der Waals surface area contributed by atoms with Crippen molar-refractivity contribution in [1.82, 2.24) is 4.98 Å². The van der Waals surface area contributed by atoms with Crippen LogP contribution in [0.15, 0.2) is 72.9 Å². The maximum Gasteiger partial charge on any atom is 0.150 e. The number of pyridine rings is 1. The second-order valence-electron chi connectivity index (χ2n) is 5.82. The quantitative estimate of drug-likeness (QED) is 0.771. The van der Waals surface area contributed by atoms with Crippen LogP contribution in [-0.4, -0.2) is 4.98 Å². The highest BCUT2D eigenvalue weighted by Crippen LogP contribution is 2.51. The zero-order chi connectivity index (χ0) is 16.6. The summed E-state index contributed by atoms with van der Waals surface area (Å²) < 4.78 is 13.8. The molecule has 4 heteroatoms. The van der Waals surface area contributed by atoms with E-state index < -0.39 is 11.5 Å². The fraction of sp³-hybridized carbons (Fsp3) is 0.100. The molecule has 1 N–H and O–H groups in total. The summed E-state index contributed by atoms with van der Waals surface area (Å²) in [6, 6.07) is 21.7. The van der Waals surface area contributed by atoms with Gasteiger partial charge in [0.25, 0.3) is 0 Å². The summed E-state index contributed by atoms with van der Waals surface area (Å²) in [6.45, 7) is 0. The third-order valence-electron chi connectivity index (χ3n) is 4.50. The van der Waals surface area contributed by atoms with Crippen LogP contribution in [0.3, 0.4) is 0 Å². The van der Waals surface area contributed by atoms with Crippen LogP contribution in [0.5, 0.6) is 0 Å². The van der Waals surface area contributed by atoms with Gasteiger partial charge in [-0.1, -0.05) is 42.5 Å². The highest BCUT2D eigenvalue weighted by molar-refractivity contribution is 5.68. The van der Waals surface area contributed by atoms with E-state index in [1.807, 2.05) is 48.5 Å². The second-order valence-corrected chi connectivity index (χ2v) is 5.82. The van der Waals surface area contributed by atoms with E-state index in [2.05, 4.69) is 16.4 Å². The number of aromatic nitrogens is 1. The molecule has 0 fully saturated rings. The van der Waals surface area contributed by atoms with E-state index in [1.54, 1.807) is 12.3 Å². The molecule has 2 atom stereocenters. The van der Waals surface area contributed by atoms with Crippen LogP contribution in [0.1, 0.15) is 22.9 Å². The zero-order valence-corrected chi connectivity index (χ0v) is 12.8. The molecule has 0 amide bonds. The zero-order valence-electron chi connectivity index (χ0n) is 12.8. The number of nitrogens with one attached hydrogen (secondary N) is 1. The SMILES string of the molecule is N#C[C@]1(c2ccccc2)c2ncccc2N[C@@H]1c1cccc(F)c1. The molecule has 0 spiro atoms. The van der Waals surface area contributed by atoms with Crippen LogP contribution in [0.2, 0.25) is 0 Å². The number of fused-ring (bicyclic) bond motifs is 1. The van der Waals surface area contributed by atoms with Crippen LogP contribution in [0, 0.1) is 17.1 Å². The molecule has 0 aliphatic carbocycles. The van der Waals surface area contributed by atoms with Crippen molar-refractivity contribution in [1.29, 1.82) is 5.26 Å². The van der Waals surface area contributed by atoms with Crippen LogP contribution >= 0.6 is 0 Å². The monoisotopic (exact) mass is 315 g/mol. The Morgan fingerprint density at radius 3 is 2.62 bits per heavy atom. The Morgan fingerprint density at radius 1 is 1.04 bits per heavy atom. The fourth-order valence-electron chi connectivity index (χ4n) is 3.44. The van der Waals surface area contributed by atoms with Crippen LogP contribution in [-0.2, 0) is 5.41 Å². The smallest absolute Gasteiger partial charge is 0.150 e. The lowest BCUT2D eigenvalue weighted by molar-refractivity contribution is 0.565. The van der Waals surface area contributed by atoms with Crippen molar-refractivity contribution in [3.8, 4) is 6.07 Å². The normalized spacial score (nSPS) is 21.6. The minimum absolute atomic E-state index is 0.321. The average molecular weight is 315 g/mol. The van der Waals surface area contributed by atoms with E-state index in [-0.39, 0.29) is 5.82 Å². The van der Waals surface area contributed by atoms with Gasteiger partial charge in [-0.25, -0.2) is 4.39 Å². The Balaban J connectivity index is 1.99. The largest absolute Gasteiger partial charge is 0.374 e. The number of nitriles is 1. The van der Waals surface area contributed by atoms with Crippen molar-refractivity contribution in [2.75, 3.05) is 5.32 Å². The number of benzene rings is 2. The van der Waals surface area contributed by atoms with Crippen LogP contribution in [0.25, 0.3) is 0 Å². The Morgan fingerprint density at radius 2 is 1.88 bits per heavy atom. The average Bonchev–Trinajstić information content (AvgIpc) is 2.98. The molecule has 1 aliphatic heterocycles. The van der Waals surface area contributed by atoms with Crippen molar-refractivity contribution >= 4 is 5.69 Å². The van der Waals surface area contributed by atoms with Crippen molar-refractivity contribution in [2.24, 2.45) is 0 Å². The van der Waals surface area contributed by atoms with Crippen LogP contribution in [0.4, 0.5) is 10.1 Å². The van der Waals surface area contributed by atoms with Gasteiger partial charge in [0.1, 0.15) is 5.82 Å². The van der Waals surface area contributed by atoms with Gasteiger partial charge in [0.05, 0.1) is 23.5 Å². The summed E-state index contributed by atoms with van der Waals surface area (Å²) in [5, 5.41) is 13.6. The molecule has 0 radical (unpaired) electrons. The molecule has 0 saturated carbocycles. The Hall–Kier alpha value is -3.19. The van der Waals surface area contributed by atoms with Gasteiger partial charge in [-0.2, -0.15) is 5.26 Å². The van der Waals surface area contributed by atoms with Gasteiger partial charge >= 0.3 is 0 Å². The van der Waals surface area contributed by atoms with E-state index in [9.17, 15) is 9.65 Å². The summed E-state index contributed by atoms with van der Waals surface area (Å²) >= 11 is 0. The number of halogens is 1. The summed E-state index contributed by atoms with van der Waals surface area (Å²) in [5.74, 6) is -0.321. The topological polar surface area (TPSA) is 48.7 Å². The van der Waals surface area contributed by atoms with Crippen LogP contribution < -0.4 is 5.32 Å². The fourth-order valence-corrected chi connectivity index (χ4v) is 3.44. The summed E-state index contributed by atoms with van der Waals surface area (Å²) in [4.78, 5) is 4.48. The lowest BCUT2D eigenvalue weighted by atomic mass is 9.72. The third-order valence-corrected chi connectivity index (χ3v) is 4.50. The molecular formula is C20H14FN3. The minimum atomic E-state index is -1.01.